The number of aromatic nitrogens is 5. The minimum absolute atomic E-state index is 0.0239. The second-order valence-electron chi connectivity index (χ2n) is 26.5. The molecule has 4 aromatic heterocycles. The number of pyridine rings is 1. The molecule has 478 valence electrons. The zero-order valence-electron chi connectivity index (χ0n) is 53.1. The summed E-state index contributed by atoms with van der Waals surface area (Å²) in [5.74, 6) is 0.587. The highest BCUT2D eigenvalue weighted by Gasteiger charge is 2.46. The van der Waals surface area contributed by atoms with Gasteiger partial charge < -0.3 is 53.5 Å². The highest BCUT2D eigenvalue weighted by Crippen LogP contribution is 2.42. The molecular formula is C68H84FN11O9S. The largest absolute Gasteiger partial charge is 0.468 e. The Morgan fingerprint density at radius 1 is 0.900 bits per heavy atom. The number of likely N-dealkylation sites (tertiary alicyclic amines) is 2. The summed E-state index contributed by atoms with van der Waals surface area (Å²) in [7, 11) is 1.56. The Bertz CT molecular complexity index is 3710. The predicted octanol–water partition coefficient (Wildman–Crippen LogP) is 10.9. The number of fused-ring (bicyclic) bond motifs is 4. The maximum atomic E-state index is 17.8. The molecule has 3 aromatic carbocycles. The van der Waals surface area contributed by atoms with Crippen molar-refractivity contribution in [2.45, 2.75) is 155 Å². The molecule has 0 spiro atoms. The van der Waals surface area contributed by atoms with Gasteiger partial charge in [0, 0.05) is 83.7 Å². The topological polar surface area (TPSA) is 214 Å². The van der Waals surface area contributed by atoms with Crippen LogP contribution in [0.15, 0.2) is 76.9 Å². The van der Waals surface area contributed by atoms with E-state index >= 15 is 4.39 Å². The number of anilines is 2. The Balaban J connectivity index is 0.693. The van der Waals surface area contributed by atoms with Crippen molar-refractivity contribution in [3.63, 3.8) is 0 Å². The normalized spacial score (nSPS) is 21.0. The van der Waals surface area contributed by atoms with E-state index in [1.165, 1.54) is 4.90 Å². The van der Waals surface area contributed by atoms with Gasteiger partial charge in [-0.25, -0.2) is 14.2 Å². The van der Waals surface area contributed by atoms with Crippen LogP contribution in [-0.4, -0.2) is 165 Å². The summed E-state index contributed by atoms with van der Waals surface area (Å²) in [6.45, 7) is 20.7. The van der Waals surface area contributed by atoms with E-state index in [-0.39, 0.29) is 85.0 Å². The number of β-amino-alcohol motifs (C(OH)–C–C–N with tert-alkyl or cyclic N) is 1. The van der Waals surface area contributed by atoms with Gasteiger partial charge in [0.05, 0.1) is 45.7 Å². The van der Waals surface area contributed by atoms with Gasteiger partial charge in [0.15, 0.2) is 24.2 Å². The van der Waals surface area contributed by atoms with Gasteiger partial charge in [-0.2, -0.15) is 9.97 Å². The molecule has 20 nitrogen and oxygen atoms in total. The average molecular weight is 1250 g/mol. The molecule has 90 heavy (non-hydrogen) atoms. The predicted molar refractivity (Wildman–Crippen MR) is 343 cm³/mol. The van der Waals surface area contributed by atoms with E-state index < -0.39 is 29.5 Å². The molecular weight excluding hydrogens is 1170 g/mol. The number of halogens is 1. The number of benzene rings is 3. The molecule has 22 heteroatoms. The van der Waals surface area contributed by atoms with E-state index in [4.69, 9.17) is 38.4 Å². The first kappa shape index (κ1) is 62.7. The Kier molecular flexibility index (Phi) is 18.4. The molecule has 9 heterocycles. The molecule has 3 amide bonds. The number of carbonyl (C=O) groups is 3. The Morgan fingerprint density at radius 3 is 2.32 bits per heavy atom. The molecule has 0 saturated carbocycles. The van der Waals surface area contributed by atoms with Gasteiger partial charge >= 0.3 is 12.1 Å². The quantitative estimate of drug-likeness (QED) is 0.0764. The number of hydrogen-bond acceptors (Lipinski definition) is 18. The van der Waals surface area contributed by atoms with Crippen LogP contribution in [0.2, 0.25) is 0 Å². The lowest BCUT2D eigenvalue weighted by Crippen LogP contribution is -2.57. The summed E-state index contributed by atoms with van der Waals surface area (Å²) in [5.41, 5.74) is 6.04. The van der Waals surface area contributed by atoms with E-state index in [0.29, 0.717) is 53.1 Å². The van der Waals surface area contributed by atoms with Gasteiger partial charge in [0.25, 0.3) is 0 Å². The third-order valence-electron chi connectivity index (χ3n) is 18.7. The first-order valence-corrected chi connectivity index (χ1v) is 32.9. The maximum absolute atomic E-state index is 17.8. The van der Waals surface area contributed by atoms with Gasteiger partial charge in [0.1, 0.15) is 46.4 Å². The molecule has 4 unspecified atom stereocenters. The molecule has 2 N–H and O–H groups in total. The molecule has 5 saturated heterocycles. The Hall–Kier alpha value is -7.53. The molecule has 12 rings (SSSR count). The van der Waals surface area contributed by atoms with Crippen molar-refractivity contribution in [2.24, 2.45) is 11.8 Å². The van der Waals surface area contributed by atoms with Crippen molar-refractivity contribution < 1.29 is 47.4 Å². The Labute approximate surface area is 529 Å². The molecule has 5 aliphatic heterocycles. The third-order valence-corrected chi connectivity index (χ3v) is 19.7. The standard InChI is InChI=1S/C68H84FN11O9S/c1-10-43-12-11-13-46-28-51(86-38-85-9)30-52(58(43)46)60-59(69)61-53(32-70-60)63(78-34-47-18-19-48(35-78)80(47)67(84)88-68(6,7)8)74-66(73-61)87-50-22-24-76(25-23-50)33-42-20-26-77(27-21-42)56-31-55(89-75-56)57(39(2)3)65(83)79-36-49(81)29-54(79)64(82)72-40(4)44-14-16-45(17-15-44)62-41(5)71-37-90-62/h11-17,28,30-32,37,39-40,42,47-50,54,57,81H,10,18-27,29,33-36,38H2,1-9H3,(H,72,82)/t40?,47?,48?,49-,54+,57?/m1/s1. The number of aryl methyl sites for hydroxylation is 2. The number of thiazole rings is 1. The molecule has 7 aromatic rings. The van der Waals surface area contributed by atoms with Gasteiger partial charge in [0.2, 0.25) is 11.8 Å². The van der Waals surface area contributed by atoms with Crippen LogP contribution in [0.25, 0.3) is 43.4 Å². The van der Waals surface area contributed by atoms with Crippen molar-refractivity contribution in [3.05, 3.63) is 101 Å². The highest BCUT2D eigenvalue weighted by atomic mass is 32.1. The molecule has 0 aliphatic carbocycles. The fraction of sp³-hybridized carbons (Fsp3) is 0.529. The fourth-order valence-corrected chi connectivity index (χ4v) is 14.9. The lowest BCUT2D eigenvalue weighted by Gasteiger charge is -2.42. The molecule has 2 bridgehead atoms. The zero-order valence-corrected chi connectivity index (χ0v) is 53.9. The summed E-state index contributed by atoms with van der Waals surface area (Å²) in [4.78, 5) is 72.6. The summed E-state index contributed by atoms with van der Waals surface area (Å²) in [5, 5.41) is 20.7. The van der Waals surface area contributed by atoms with Crippen LogP contribution in [0, 0.1) is 24.6 Å². The van der Waals surface area contributed by atoms with Crippen LogP contribution in [0.5, 0.6) is 11.8 Å². The van der Waals surface area contributed by atoms with Crippen molar-refractivity contribution >= 4 is 62.6 Å². The number of hydrogen-bond donors (Lipinski definition) is 2. The van der Waals surface area contributed by atoms with E-state index in [9.17, 15) is 19.5 Å². The third kappa shape index (κ3) is 13.2. The summed E-state index contributed by atoms with van der Waals surface area (Å²) >= 11 is 1.59. The van der Waals surface area contributed by atoms with Crippen LogP contribution in [0.1, 0.15) is 128 Å². The SMILES string of the molecule is CCc1cccc2cc(OCOC)cc(-c3ncc4c(N5CC6CCC(C5)N6C(=O)OC(C)(C)C)nc(OC5CCN(CC6CCN(c7cc(C(C(=O)N8C[C@H](O)C[C@H]8C(=O)NC(C)c8ccc(-c9scnc9C)cc8)C(C)C)on7)CC6)CC5)nc4c3F)c12. The number of piperidine rings is 2. The lowest BCUT2D eigenvalue weighted by molar-refractivity contribution is -0.141. The number of aliphatic hydroxyl groups is 1. The minimum Gasteiger partial charge on any atom is -0.468 e. The first-order chi connectivity index (χ1) is 43.3. The van der Waals surface area contributed by atoms with Crippen LogP contribution >= 0.6 is 11.3 Å². The van der Waals surface area contributed by atoms with Crippen molar-refractivity contribution in [1.29, 1.82) is 0 Å². The van der Waals surface area contributed by atoms with Gasteiger partial charge in [-0.1, -0.05) is 68.4 Å². The van der Waals surface area contributed by atoms with E-state index in [1.54, 1.807) is 24.6 Å². The maximum Gasteiger partial charge on any atom is 0.410 e. The number of rotatable bonds is 18. The van der Waals surface area contributed by atoms with E-state index in [1.807, 2.05) is 113 Å². The number of carbonyl (C=O) groups excluding carboxylic acids is 3. The number of amides is 3. The van der Waals surface area contributed by atoms with Crippen LogP contribution < -0.4 is 24.6 Å². The van der Waals surface area contributed by atoms with E-state index in [0.717, 1.165) is 116 Å². The fourth-order valence-electron chi connectivity index (χ4n) is 14.1. The van der Waals surface area contributed by atoms with Crippen molar-refractivity contribution in [1.82, 2.24) is 45.1 Å². The highest BCUT2D eigenvalue weighted by molar-refractivity contribution is 7.13. The first-order valence-electron chi connectivity index (χ1n) is 32.0. The summed E-state index contributed by atoms with van der Waals surface area (Å²) in [6.07, 6.45) is 6.17. The summed E-state index contributed by atoms with van der Waals surface area (Å²) < 4.78 is 47.6. The molecule has 0 radical (unpaired) electrons. The molecule has 6 atom stereocenters. The molecule has 5 aliphatic rings. The summed E-state index contributed by atoms with van der Waals surface area (Å²) in [6, 6.07) is 18.4. The average Bonchev–Trinajstić information content (AvgIpc) is 0.920. The molecule has 5 fully saturated rings. The van der Waals surface area contributed by atoms with Crippen LogP contribution in [-0.2, 0) is 25.5 Å². The number of nitrogens with one attached hydrogen (secondary N) is 1. The van der Waals surface area contributed by atoms with Gasteiger partial charge in [-0.15, -0.1) is 11.3 Å². The van der Waals surface area contributed by atoms with Crippen LogP contribution in [0.3, 0.4) is 0 Å². The Morgan fingerprint density at radius 2 is 1.64 bits per heavy atom. The number of ether oxygens (including phenoxy) is 4. The van der Waals surface area contributed by atoms with Gasteiger partial charge in [-0.05, 0) is 131 Å². The monoisotopic (exact) mass is 1250 g/mol. The zero-order chi connectivity index (χ0) is 63.1. The number of piperazine rings is 1. The number of aliphatic hydroxyl groups excluding tert-OH is 1. The lowest BCUT2D eigenvalue weighted by atomic mass is 9.91. The van der Waals surface area contributed by atoms with Crippen LogP contribution in [0.4, 0.5) is 20.8 Å². The van der Waals surface area contributed by atoms with Gasteiger partial charge in [-0.3, -0.25) is 19.5 Å². The number of nitrogens with zero attached hydrogens (tertiary/aromatic N) is 10. The number of methoxy groups -OCH3 is 1. The second kappa shape index (κ2) is 26.4. The van der Waals surface area contributed by atoms with E-state index in [2.05, 4.69) is 43.1 Å². The second-order valence-corrected chi connectivity index (χ2v) is 27.3. The smallest absolute Gasteiger partial charge is 0.410 e. The minimum atomic E-state index is -0.836. The van der Waals surface area contributed by atoms with Crippen molar-refractivity contribution in [2.75, 3.05) is 76.1 Å². The van der Waals surface area contributed by atoms with Crippen molar-refractivity contribution in [3.8, 4) is 33.5 Å².